The predicted molar refractivity (Wildman–Crippen MR) is 66.8 cm³/mol. The number of nitrogens with one attached hydrogen (secondary N) is 1. The second-order valence-corrected chi connectivity index (χ2v) is 4.11. The van der Waals surface area contributed by atoms with Gasteiger partial charge >= 0.3 is 11.9 Å². The number of H-pyrrole nitrogens is 1. The lowest BCUT2D eigenvalue weighted by Crippen LogP contribution is -2.41. The Balaban J connectivity index is 2.40. The molecule has 0 amide bonds. The fraction of sp³-hybridized carbons (Fsp3) is 0.308. The van der Waals surface area contributed by atoms with Crippen molar-refractivity contribution in [3.05, 3.63) is 36.0 Å². The maximum Gasteiger partial charge on any atom is 0.379 e. The lowest BCUT2D eigenvalue weighted by atomic mass is 9.98. The van der Waals surface area contributed by atoms with Crippen molar-refractivity contribution < 1.29 is 18.3 Å². The van der Waals surface area contributed by atoms with Crippen LogP contribution in [0.1, 0.15) is 18.5 Å². The van der Waals surface area contributed by atoms with Crippen molar-refractivity contribution >= 4 is 16.9 Å². The number of ether oxygens (including phenoxy) is 1. The van der Waals surface area contributed by atoms with Gasteiger partial charge in [-0.05, 0) is 24.6 Å². The second kappa shape index (κ2) is 4.97. The third-order valence-corrected chi connectivity index (χ3v) is 2.90. The van der Waals surface area contributed by atoms with E-state index in [2.05, 4.69) is 9.72 Å². The molecule has 0 fully saturated rings. The van der Waals surface area contributed by atoms with Crippen LogP contribution in [0, 0.1) is 0 Å². The van der Waals surface area contributed by atoms with Crippen molar-refractivity contribution in [1.82, 2.24) is 4.98 Å². The molecule has 0 radical (unpaired) electrons. The summed E-state index contributed by atoms with van der Waals surface area (Å²) >= 11 is 0. The zero-order valence-corrected chi connectivity index (χ0v) is 10.3. The van der Waals surface area contributed by atoms with Crippen LogP contribution in [-0.4, -0.2) is 23.5 Å². The minimum absolute atomic E-state index is 0.116. The summed E-state index contributed by atoms with van der Waals surface area (Å²) in [5.41, 5.74) is 6.46. The molecule has 102 valence electrons. The van der Waals surface area contributed by atoms with Gasteiger partial charge in [-0.25, -0.2) is 4.79 Å². The summed E-state index contributed by atoms with van der Waals surface area (Å²) in [6, 6.07) is 4.73. The summed E-state index contributed by atoms with van der Waals surface area (Å²) in [4.78, 5) is 14.2. The number of nitrogens with two attached hydrogens (primary N) is 1. The molecule has 0 saturated heterocycles. The van der Waals surface area contributed by atoms with Crippen molar-refractivity contribution in [3.8, 4) is 0 Å². The minimum Gasteiger partial charge on any atom is -0.462 e. The fourth-order valence-corrected chi connectivity index (χ4v) is 1.93. The zero-order valence-electron chi connectivity index (χ0n) is 10.3. The molecule has 6 heteroatoms. The van der Waals surface area contributed by atoms with Gasteiger partial charge in [-0.1, -0.05) is 12.1 Å². The summed E-state index contributed by atoms with van der Waals surface area (Å²) in [5.74, 6) is -5.36. The van der Waals surface area contributed by atoms with Crippen LogP contribution in [0.3, 0.4) is 0 Å². The van der Waals surface area contributed by atoms with Gasteiger partial charge in [-0.3, -0.25) is 0 Å². The number of halogens is 2. The van der Waals surface area contributed by atoms with Crippen molar-refractivity contribution in [2.75, 3.05) is 6.61 Å². The highest BCUT2D eigenvalue weighted by Crippen LogP contribution is 2.34. The molecular formula is C13H14F2N2O2. The Morgan fingerprint density at radius 2 is 2.21 bits per heavy atom. The first kappa shape index (κ1) is 13.5. The average Bonchev–Trinajstić information content (AvgIpc) is 2.86. The summed E-state index contributed by atoms with van der Waals surface area (Å²) < 4.78 is 32.2. The van der Waals surface area contributed by atoms with Crippen LogP contribution in [0.2, 0.25) is 0 Å². The van der Waals surface area contributed by atoms with E-state index in [4.69, 9.17) is 5.73 Å². The molecule has 3 N–H and O–H groups in total. The molecule has 2 aromatic rings. The number of hydrogen-bond acceptors (Lipinski definition) is 3. The molecule has 1 aromatic heterocycles. The Hall–Kier alpha value is -1.95. The van der Waals surface area contributed by atoms with Gasteiger partial charge in [-0.2, -0.15) is 8.78 Å². The van der Waals surface area contributed by atoms with Crippen LogP contribution >= 0.6 is 0 Å². The Morgan fingerprint density at radius 1 is 1.47 bits per heavy atom. The van der Waals surface area contributed by atoms with Gasteiger partial charge in [0.15, 0.2) is 0 Å². The number of rotatable bonds is 4. The molecule has 2 rings (SSSR count). The number of aromatic nitrogens is 1. The van der Waals surface area contributed by atoms with Crippen LogP contribution < -0.4 is 5.73 Å². The van der Waals surface area contributed by atoms with Crippen LogP contribution in [-0.2, 0) is 9.53 Å². The monoisotopic (exact) mass is 268 g/mol. The lowest BCUT2D eigenvalue weighted by molar-refractivity contribution is -0.174. The quantitative estimate of drug-likeness (QED) is 0.836. The Bertz CT molecular complexity index is 595. The van der Waals surface area contributed by atoms with E-state index in [1.165, 1.54) is 13.0 Å². The summed E-state index contributed by atoms with van der Waals surface area (Å²) in [6.45, 7) is 1.35. The Morgan fingerprint density at radius 3 is 2.89 bits per heavy atom. The number of carbonyl (C=O) groups is 1. The maximum atomic E-state index is 13.9. The van der Waals surface area contributed by atoms with Crippen LogP contribution in [0.5, 0.6) is 0 Å². The number of hydrogen-bond donors (Lipinski definition) is 2. The van der Waals surface area contributed by atoms with E-state index < -0.39 is 17.9 Å². The van der Waals surface area contributed by atoms with Crippen molar-refractivity contribution in [3.63, 3.8) is 0 Å². The van der Waals surface area contributed by atoms with E-state index in [9.17, 15) is 13.6 Å². The van der Waals surface area contributed by atoms with E-state index in [0.717, 1.165) is 0 Å². The van der Waals surface area contributed by atoms with Gasteiger partial charge in [0.2, 0.25) is 0 Å². The highest BCUT2D eigenvalue weighted by atomic mass is 19.3. The third-order valence-electron chi connectivity index (χ3n) is 2.90. The van der Waals surface area contributed by atoms with Gasteiger partial charge in [0.1, 0.15) is 6.04 Å². The van der Waals surface area contributed by atoms with Crippen LogP contribution in [0.15, 0.2) is 30.5 Å². The molecule has 0 saturated carbocycles. The van der Waals surface area contributed by atoms with Crippen molar-refractivity contribution in [1.29, 1.82) is 0 Å². The highest BCUT2D eigenvalue weighted by molar-refractivity contribution is 5.86. The van der Waals surface area contributed by atoms with Crippen LogP contribution in [0.25, 0.3) is 10.9 Å². The number of fused-ring (bicyclic) bond motifs is 1. The van der Waals surface area contributed by atoms with Gasteiger partial charge in [0, 0.05) is 17.1 Å². The predicted octanol–water partition coefficient (Wildman–Crippen LogP) is 2.37. The first-order valence-electron chi connectivity index (χ1n) is 5.85. The van der Waals surface area contributed by atoms with E-state index in [1.807, 2.05) is 0 Å². The first-order valence-corrected chi connectivity index (χ1v) is 5.85. The fourth-order valence-electron chi connectivity index (χ4n) is 1.93. The largest absolute Gasteiger partial charge is 0.462 e. The van der Waals surface area contributed by atoms with E-state index in [0.29, 0.717) is 10.9 Å². The van der Waals surface area contributed by atoms with E-state index in [-0.39, 0.29) is 12.2 Å². The summed E-state index contributed by atoms with van der Waals surface area (Å²) in [6.07, 6.45) is 1.63. The molecule has 4 nitrogen and oxygen atoms in total. The number of aromatic amines is 1. The summed E-state index contributed by atoms with van der Waals surface area (Å²) in [5, 5.41) is 0.568. The van der Waals surface area contributed by atoms with Crippen LogP contribution in [0.4, 0.5) is 8.78 Å². The highest BCUT2D eigenvalue weighted by Gasteiger charge is 2.48. The van der Waals surface area contributed by atoms with Gasteiger partial charge in [0.05, 0.1) is 6.61 Å². The van der Waals surface area contributed by atoms with E-state index in [1.54, 1.807) is 24.4 Å². The number of alkyl halides is 2. The molecule has 0 spiro atoms. The van der Waals surface area contributed by atoms with Crippen molar-refractivity contribution in [2.45, 2.75) is 18.9 Å². The normalized spacial score (nSPS) is 13.5. The molecule has 0 aliphatic heterocycles. The van der Waals surface area contributed by atoms with Crippen molar-refractivity contribution in [2.24, 2.45) is 5.73 Å². The third kappa shape index (κ3) is 2.31. The van der Waals surface area contributed by atoms with Gasteiger partial charge in [-0.15, -0.1) is 0 Å². The maximum absolute atomic E-state index is 13.9. The average molecular weight is 268 g/mol. The molecule has 0 aliphatic carbocycles. The first-order chi connectivity index (χ1) is 8.98. The smallest absolute Gasteiger partial charge is 0.379 e. The SMILES string of the molecule is CCOC(=O)C(F)(F)[C@@H](N)c1cccc2[nH]ccc12. The number of benzene rings is 1. The Labute approximate surface area is 108 Å². The number of esters is 1. The molecule has 1 atom stereocenters. The van der Waals surface area contributed by atoms with Gasteiger partial charge < -0.3 is 15.5 Å². The molecule has 1 aromatic carbocycles. The summed E-state index contributed by atoms with van der Waals surface area (Å²) in [7, 11) is 0. The molecule has 19 heavy (non-hydrogen) atoms. The topological polar surface area (TPSA) is 68.1 Å². The van der Waals surface area contributed by atoms with Gasteiger partial charge in [0.25, 0.3) is 0 Å². The molecular weight excluding hydrogens is 254 g/mol. The minimum atomic E-state index is -3.76. The Kier molecular flexibility index (Phi) is 3.53. The molecule has 0 bridgehead atoms. The zero-order chi connectivity index (χ0) is 14.0. The van der Waals surface area contributed by atoms with E-state index >= 15 is 0 Å². The standard InChI is InChI=1S/C13H14F2N2O2/c1-2-19-12(18)13(14,15)11(16)9-4-3-5-10-8(9)6-7-17-10/h3-7,11,17H,2,16H2,1H3/t11-/m0/s1. The molecule has 0 aliphatic rings. The molecule has 1 heterocycles. The molecule has 0 unspecified atom stereocenters. The second-order valence-electron chi connectivity index (χ2n) is 4.11. The number of carbonyl (C=O) groups excluding carboxylic acids is 1. The lowest BCUT2D eigenvalue weighted by Gasteiger charge is -2.22.